The Kier molecular flexibility index (Phi) is 5.08. The van der Waals surface area contributed by atoms with Gasteiger partial charge in [0, 0.05) is 22.7 Å². The number of allylic oxidation sites excluding steroid dienone is 1. The van der Waals surface area contributed by atoms with E-state index in [1.54, 1.807) is 30.3 Å². The highest BCUT2D eigenvalue weighted by Gasteiger charge is 2.18. The molecule has 0 saturated heterocycles. The average Bonchev–Trinajstić information content (AvgIpc) is 2.53. The van der Waals surface area contributed by atoms with Crippen LogP contribution in [-0.2, 0) is 4.79 Å². The number of carbonyl (C=O) groups is 2. The molecular weight excluding hydrogens is 306 g/mol. The van der Waals surface area contributed by atoms with Crippen LogP contribution in [0.25, 0.3) is 6.08 Å². The molecule has 2 aromatic rings. The molecule has 1 aromatic carbocycles. The van der Waals surface area contributed by atoms with Gasteiger partial charge in [0.2, 0.25) is 0 Å². The summed E-state index contributed by atoms with van der Waals surface area (Å²) >= 11 is 0. The fraction of sp³-hybridized carbons (Fsp3) is 0.222. The number of anilines is 1. The van der Waals surface area contributed by atoms with Crippen molar-refractivity contribution in [3.8, 4) is 0 Å². The van der Waals surface area contributed by atoms with Gasteiger partial charge in [-0.15, -0.1) is 0 Å². The Bertz CT molecular complexity index is 831. The number of nitrogens with one attached hydrogen (secondary N) is 2. The molecule has 0 radical (unpaired) electrons. The maximum Gasteiger partial charge on any atom is 0.346 e. The molecule has 0 bridgehead atoms. The molecule has 124 valence electrons. The third-order valence-electron chi connectivity index (χ3n) is 3.27. The van der Waals surface area contributed by atoms with Crippen LogP contribution in [-0.4, -0.2) is 21.7 Å². The molecule has 1 heterocycles. The first kappa shape index (κ1) is 17.3. The summed E-state index contributed by atoms with van der Waals surface area (Å²) in [5.41, 5.74) is -0.204. The summed E-state index contributed by atoms with van der Waals surface area (Å²) < 4.78 is 0. The minimum Gasteiger partial charge on any atom is -0.307 e. The van der Waals surface area contributed by atoms with E-state index in [9.17, 15) is 14.4 Å². The Labute approximate surface area is 139 Å². The minimum atomic E-state index is -0.586. The summed E-state index contributed by atoms with van der Waals surface area (Å²) in [6.45, 7) is 5.43. The number of carbonyl (C=O) groups excluding carboxylic acids is 2. The summed E-state index contributed by atoms with van der Waals surface area (Å²) in [4.78, 5) is 41.8. The van der Waals surface area contributed by atoms with E-state index in [4.69, 9.17) is 0 Å². The second-order valence-corrected chi connectivity index (χ2v) is 6.29. The molecule has 0 saturated carbocycles. The van der Waals surface area contributed by atoms with Crippen molar-refractivity contribution in [2.75, 3.05) is 5.32 Å². The van der Waals surface area contributed by atoms with Gasteiger partial charge in [-0.2, -0.15) is 0 Å². The molecule has 0 atom stereocenters. The topological polar surface area (TPSA) is 91.9 Å². The monoisotopic (exact) mass is 325 g/mol. The second kappa shape index (κ2) is 7.04. The van der Waals surface area contributed by atoms with E-state index in [-0.39, 0.29) is 17.5 Å². The number of H-pyrrole nitrogens is 1. The lowest BCUT2D eigenvalue weighted by Crippen LogP contribution is -2.19. The van der Waals surface area contributed by atoms with Crippen molar-refractivity contribution >= 4 is 23.6 Å². The van der Waals surface area contributed by atoms with Crippen LogP contribution in [0.15, 0.2) is 47.4 Å². The molecule has 1 amide bonds. The van der Waals surface area contributed by atoms with Gasteiger partial charge in [0.1, 0.15) is 5.82 Å². The Morgan fingerprint density at radius 1 is 1.17 bits per heavy atom. The average molecular weight is 325 g/mol. The summed E-state index contributed by atoms with van der Waals surface area (Å²) in [7, 11) is 0. The third kappa shape index (κ3) is 4.49. The molecule has 0 spiro atoms. The Morgan fingerprint density at radius 2 is 1.83 bits per heavy atom. The number of rotatable bonds is 4. The summed E-state index contributed by atoms with van der Waals surface area (Å²) in [6, 6.07) is 8.61. The van der Waals surface area contributed by atoms with Crippen molar-refractivity contribution in [3.63, 3.8) is 0 Å². The first-order valence-corrected chi connectivity index (χ1v) is 7.45. The van der Waals surface area contributed by atoms with Gasteiger partial charge in [-0.3, -0.25) is 14.6 Å². The van der Waals surface area contributed by atoms with Crippen molar-refractivity contribution in [2.24, 2.45) is 5.41 Å². The summed E-state index contributed by atoms with van der Waals surface area (Å²) in [6.07, 6.45) is 4.25. The molecule has 1 aromatic heterocycles. The van der Waals surface area contributed by atoms with Crippen LogP contribution in [0.1, 0.15) is 36.7 Å². The Morgan fingerprint density at radius 3 is 2.46 bits per heavy atom. The number of aromatic nitrogens is 2. The van der Waals surface area contributed by atoms with Crippen LogP contribution in [0.5, 0.6) is 0 Å². The number of benzene rings is 1. The highest BCUT2D eigenvalue weighted by Crippen LogP contribution is 2.18. The van der Waals surface area contributed by atoms with Gasteiger partial charge in [-0.05, 0) is 24.3 Å². The maximum absolute atomic E-state index is 12.2. The van der Waals surface area contributed by atoms with Crippen molar-refractivity contribution < 1.29 is 9.59 Å². The van der Waals surface area contributed by atoms with Crippen molar-refractivity contribution in [1.82, 2.24) is 9.97 Å². The molecule has 0 fully saturated rings. The van der Waals surface area contributed by atoms with Crippen LogP contribution >= 0.6 is 0 Å². The highest BCUT2D eigenvalue weighted by atomic mass is 16.2. The van der Waals surface area contributed by atoms with E-state index in [0.717, 1.165) is 0 Å². The predicted octanol–water partition coefficient (Wildman–Crippen LogP) is 2.65. The van der Waals surface area contributed by atoms with Crippen LogP contribution in [0.4, 0.5) is 5.82 Å². The number of nitrogens with zero attached hydrogens (tertiary/aromatic N) is 1. The fourth-order valence-corrected chi connectivity index (χ4v) is 1.82. The van der Waals surface area contributed by atoms with Crippen LogP contribution in [0.2, 0.25) is 0 Å². The molecule has 0 aliphatic rings. The number of hydrogen-bond donors (Lipinski definition) is 2. The first-order chi connectivity index (χ1) is 11.3. The molecule has 0 aliphatic carbocycles. The smallest absolute Gasteiger partial charge is 0.307 e. The van der Waals surface area contributed by atoms with E-state index >= 15 is 0 Å². The number of hydrogen-bond acceptors (Lipinski definition) is 4. The second-order valence-electron chi connectivity index (χ2n) is 6.29. The largest absolute Gasteiger partial charge is 0.346 e. The van der Waals surface area contributed by atoms with Crippen LogP contribution in [0, 0.1) is 5.41 Å². The number of ketones is 1. The Balaban J connectivity index is 2.28. The molecule has 6 heteroatoms. The molecule has 0 aliphatic heterocycles. The molecule has 24 heavy (non-hydrogen) atoms. The lowest BCUT2D eigenvalue weighted by molar-refractivity contribution is -0.121. The SMILES string of the molecule is CC(C)(C)C(=O)/C=C/c1cnc(=O)[nH]c1NC(=O)c1ccccc1. The zero-order chi connectivity index (χ0) is 17.7. The fourth-order valence-electron chi connectivity index (χ4n) is 1.82. The van der Waals surface area contributed by atoms with E-state index in [2.05, 4.69) is 15.3 Å². The lowest BCUT2D eigenvalue weighted by Gasteiger charge is -2.13. The van der Waals surface area contributed by atoms with Crippen molar-refractivity contribution in [3.05, 3.63) is 64.2 Å². The van der Waals surface area contributed by atoms with Crippen molar-refractivity contribution in [1.29, 1.82) is 0 Å². The van der Waals surface area contributed by atoms with Gasteiger partial charge in [-0.1, -0.05) is 39.0 Å². The van der Waals surface area contributed by atoms with Gasteiger partial charge in [-0.25, -0.2) is 9.78 Å². The van der Waals surface area contributed by atoms with Gasteiger partial charge >= 0.3 is 5.69 Å². The maximum atomic E-state index is 12.2. The van der Waals surface area contributed by atoms with Gasteiger partial charge < -0.3 is 5.32 Å². The molecular formula is C18H19N3O3. The zero-order valence-electron chi connectivity index (χ0n) is 13.8. The zero-order valence-corrected chi connectivity index (χ0v) is 13.8. The third-order valence-corrected chi connectivity index (χ3v) is 3.27. The van der Waals surface area contributed by atoms with E-state index in [1.807, 2.05) is 20.8 Å². The summed E-state index contributed by atoms with van der Waals surface area (Å²) in [5.74, 6) is -0.245. The standard InChI is InChI=1S/C18H19N3O3/c1-18(2,3)14(22)10-9-13-11-19-17(24)21-15(13)20-16(23)12-7-5-4-6-8-12/h4-11H,1-3H3,(H2,19,20,21,23,24)/b10-9+. The predicted molar refractivity (Wildman–Crippen MR) is 92.7 cm³/mol. The first-order valence-electron chi connectivity index (χ1n) is 7.45. The summed E-state index contributed by atoms with van der Waals surface area (Å²) in [5, 5.41) is 2.63. The highest BCUT2D eigenvalue weighted by molar-refractivity contribution is 6.05. The number of aromatic amines is 1. The Hall–Kier alpha value is -3.02. The lowest BCUT2D eigenvalue weighted by atomic mass is 9.90. The van der Waals surface area contributed by atoms with Crippen LogP contribution in [0.3, 0.4) is 0 Å². The molecule has 2 rings (SSSR count). The number of amides is 1. The van der Waals surface area contributed by atoms with Gasteiger partial charge in [0.05, 0.1) is 0 Å². The quantitative estimate of drug-likeness (QED) is 0.845. The van der Waals surface area contributed by atoms with Crippen LogP contribution < -0.4 is 11.0 Å². The van der Waals surface area contributed by atoms with E-state index in [0.29, 0.717) is 11.1 Å². The minimum absolute atomic E-state index is 0.0750. The molecule has 6 nitrogen and oxygen atoms in total. The van der Waals surface area contributed by atoms with E-state index in [1.165, 1.54) is 18.3 Å². The van der Waals surface area contributed by atoms with E-state index < -0.39 is 11.1 Å². The molecule has 2 N–H and O–H groups in total. The normalized spacial score (nSPS) is 11.5. The molecule has 0 unspecified atom stereocenters. The van der Waals surface area contributed by atoms with Crippen molar-refractivity contribution in [2.45, 2.75) is 20.8 Å². The van der Waals surface area contributed by atoms with Gasteiger partial charge in [0.25, 0.3) is 5.91 Å². The van der Waals surface area contributed by atoms with Gasteiger partial charge in [0.15, 0.2) is 5.78 Å².